The van der Waals surface area contributed by atoms with E-state index in [-0.39, 0.29) is 29.1 Å². The van der Waals surface area contributed by atoms with Crippen LogP contribution in [0.15, 0.2) is 40.9 Å². The van der Waals surface area contributed by atoms with Crippen LogP contribution in [-0.2, 0) is 9.84 Å². The van der Waals surface area contributed by atoms with Gasteiger partial charge in [-0.1, -0.05) is 0 Å². The van der Waals surface area contributed by atoms with Gasteiger partial charge in [0.2, 0.25) is 0 Å². The van der Waals surface area contributed by atoms with E-state index >= 15 is 0 Å². The number of nitriles is 1. The molecule has 0 radical (unpaired) electrons. The van der Waals surface area contributed by atoms with E-state index in [2.05, 4.69) is 28.9 Å². The molecule has 37 heavy (non-hydrogen) atoms. The second-order valence-corrected chi connectivity index (χ2v) is 11.6. The van der Waals surface area contributed by atoms with Gasteiger partial charge in [0, 0.05) is 36.4 Å². The Labute approximate surface area is 214 Å². The summed E-state index contributed by atoms with van der Waals surface area (Å²) in [6.07, 6.45) is 6.84. The molecule has 2 fully saturated rings. The summed E-state index contributed by atoms with van der Waals surface area (Å²) in [6, 6.07) is 6.74. The fourth-order valence-electron chi connectivity index (χ4n) is 4.62. The Morgan fingerprint density at radius 3 is 2.41 bits per heavy atom. The van der Waals surface area contributed by atoms with Gasteiger partial charge in [-0.25, -0.2) is 8.42 Å². The molecule has 0 saturated heterocycles. The first-order valence-electron chi connectivity index (χ1n) is 12.0. The lowest BCUT2D eigenvalue weighted by molar-refractivity contribution is -0.0436. The molecule has 2 aliphatic rings. The molecule has 202 valence electrons. The summed E-state index contributed by atoms with van der Waals surface area (Å²) in [5, 5.41) is 35.0. The third-order valence-corrected chi connectivity index (χ3v) is 8.41. The summed E-state index contributed by atoms with van der Waals surface area (Å²) in [6.45, 7) is 2.20. The molecule has 0 heterocycles. The predicted octanol–water partition coefficient (Wildman–Crippen LogP) is 3.62. The van der Waals surface area contributed by atoms with E-state index in [1.807, 2.05) is 0 Å². The van der Waals surface area contributed by atoms with E-state index in [1.54, 1.807) is 0 Å². The van der Waals surface area contributed by atoms with Gasteiger partial charge in [0.25, 0.3) is 9.84 Å². The molecule has 1 aromatic carbocycles. The van der Waals surface area contributed by atoms with Crippen LogP contribution in [0.1, 0.15) is 45.4 Å². The first kappa shape index (κ1) is 28.5. The van der Waals surface area contributed by atoms with E-state index in [0.29, 0.717) is 18.5 Å². The van der Waals surface area contributed by atoms with Crippen molar-refractivity contribution in [1.29, 1.82) is 16.1 Å². The van der Waals surface area contributed by atoms with Crippen LogP contribution in [0.2, 0.25) is 0 Å². The lowest BCUT2D eigenvalue weighted by atomic mass is 9.79. The smallest absolute Gasteiger partial charge is 0.387 e. The highest BCUT2D eigenvalue weighted by atomic mass is 32.2. The van der Waals surface area contributed by atoms with Crippen LogP contribution >= 0.6 is 0 Å². The molecule has 2 aliphatic carbocycles. The average molecular weight is 540 g/mol. The summed E-state index contributed by atoms with van der Waals surface area (Å²) < 4.78 is 61.3. The van der Waals surface area contributed by atoms with E-state index in [4.69, 9.17) is 16.6 Å². The van der Waals surface area contributed by atoms with E-state index in [0.717, 1.165) is 49.4 Å². The quantitative estimate of drug-likeness (QED) is 0.195. The minimum atomic E-state index is -5.48. The zero-order valence-corrected chi connectivity index (χ0v) is 21.2. The minimum Gasteiger partial charge on any atom is -0.387 e. The second kappa shape index (κ2) is 11.5. The lowest BCUT2D eigenvalue weighted by Crippen LogP contribution is -2.47. The van der Waals surface area contributed by atoms with Crippen molar-refractivity contribution in [2.45, 2.75) is 74.0 Å². The van der Waals surface area contributed by atoms with Gasteiger partial charge >= 0.3 is 5.51 Å². The zero-order valence-electron chi connectivity index (χ0n) is 20.4. The van der Waals surface area contributed by atoms with Gasteiger partial charge < -0.3 is 21.7 Å². The zero-order chi connectivity index (χ0) is 27.4. The number of anilines is 1. The van der Waals surface area contributed by atoms with Crippen molar-refractivity contribution in [3.63, 3.8) is 0 Å². The molecule has 0 aromatic heterocycles. The van der Waals surface area contributed by atoms with Crippen molar-refractivity contribution in [2.75, 3.05) is 5.32 Å². The van der Waals surface area contributed by atoms with Crippen LogP contribution in [0.3, 0.4) is 0 Å². The van der Waals surface area contributed by atoms with Gasteiger partial charge in [0.1, 0.15) is 11.7 Å². The molecule has 4 atom stereocenters. The van der Waals surface area contributed by atoms with Crippen LogP contribution < -0.4 is 21.7 Å². The molecular weight excluding hydrogens is 507 g/mol. The first-order valence-corrected chi connectivity index (χ1v) is 13.5. The number of hydrogen-bond donors (Lipinski definition) is 6. The highest BCUT2D eigenvalue weighted by Crippen LogP contribution is 2.34. The van der Waals surface area contributed by atoms with Gasteiger partial charge in [-0.15, -0.1) is 0 Å². The SMILES string of the molecule is C[C@H](N[C@H]1CC[C@H](N/C=C(/C(=N)N)C(=N)Nc2ccc(S(=O)(=O)C(F)(F)F)cc2)[C@@H](CC#N)C1)C1CC1. The molecule has 0 aliphatic heterocycles. The number of nitrogens with two attached hydrogens (primary N) is 1. The van der Waals surface area contributed by atoms with Crippen LogP contribution in [0, 0.1) is 34.0 Å². The monoisotopic (exact) mass is 539 g/mol. The Hall–Kier alpha value is -3.11. The fraction of sp³-hybridized carbons (Fsp3) is 0.542. The maximum atomic E-state index is 12.7. The fourth-order valence-corrected chi connectivity index (χ4v) is 5.38. The lowest BCUT2D eigenvalue weighted by Gasteiger charge is -2.37. The number of rotatable bonds is 10. The van der Waals surface area contributed by atoms with Gasteiger partial charge in [-0.05, 0) is 75.1 Å². The molecule has 7 N–H and O–H groups in total. The van der Waals surface area contributed by atoms with Crippen LogP contribution in [-0.4, -0.2) is 43.7 Å². The number of hydrogen-bond acceptors (Lipinski definition) is 7. The number of alkyl halides is 3. The molecule has 13 heteroatoms. The van der Waals surface area contributed by atoms with Crippen LogP contribution in [0.5, 0.6) is 0 Å². The summed E-state index contributed by atoms with van der Waals surface area (Å²) in [7, 11) is -5.48. The molecule has 9 nitrogen and oxygen atoms in total. The van der Waals surface area contributed by atoms with Crippen molar-refractivity contribution >= 4 is 27.2 Å². The Morgan fingerprint density at radius 1 is 1.22 bits per heavy atom. The van der Waals surface area contributed by atoms with E-state index < -0.39 is 26.1 Å². The van der Waals surface area contributed by atoms with Crippen molar-refractivity contribution < 1.29 is 21.6 Å². The van der Waals surface area contributed by atoms with Gasteiger partial charge in [0.15, 0.2) is 0 Å². The van der Waals surface area contributed by atoms with Crippen molar-refractivity contribution in [1.82, 2.24) is 10.6 Å². The highest BCUT2D eigenvalue weighted by molar-refractivity contribution is 7.92. The average Bonchev–Trinajstić information content (AvgIpc) is 3.66. The number of nitrogens with one attached hydrogen (secondary N) is 5. The minimum absolute atomic E-state index is 0.0188. The standard InChI is InChI=1S/C24H32F3N7O2S/c1-14(15-2-3-15)33-18-6-9-21(16(12-18)10-11-28)32-13-20(22(29)30)23(31)34-17-4-7-19(8-5-17)37(35,36)24(25,26)27/h4-5,7-8,13-16,18,21,32-33H,2-3,6,9-10,12H2,1H3,(H3,29,30)(H2,31,34)/b20-13-/t14-,16-,18-,21-/m0/s1. The molecule has 0 spiro atoms. The van der Waals surface area contributed by atoms with Gasteiger partial charge in [0.05, 0.1) is 16.5 Å². The topological polar surface area (TPSA) is 168 Å². The Morgan fingerprint density at radius 2 is 1.86 bits per heavy atom. The normalized spacial score (nSPS) is 23.5. The Balaban J connectivity index is 1.65. The molecule has 2 saturated carbocycles. The van der Waals surface area contributed by atoms with E-state index in [1.165, 1.54) is 19.0 Å². The largest absolute Gasteiger partial charge is 0.501 e. The van der Waals surface area contributed by atoms with E-state index in [9.17, 15) is 26.9 Å². The predicted molar refractivity (Wildman–Crippen MR) is 135 cm³/mol. The number of sulfone groups is 1. The van der Waals surface area contributed by atoms with Gasteiger partial charge in [-0.2, -0.15) is 18.4 Å². The third kappa shape index (κ3) is 7.23. The number of halogens is 3. The number of amidine groups is 2. The van der Waals surface area contributed by atoms with Crippen LogP contribution in [0.25, 0.3) is 0 Å². The molecule has 3 rings (SSSR count). The Kier molecular flexibility index (Phi) is 8.86. The van der Waals surface area contributed by atoms with Crippen LogP contribution in [0.4, 0.5) is 18.9 Å². The molecule has 0 unspecified atom stereocenters. The second-order valence-electron chi connectivity index (χ2n) is 9.64. The van der Waals surface area contributed by atoms with Crippen molar-refractivity contribution in [3.8, 4) is 6.07 Å². The number of benzene rings is 1. The summed E-state index contributed by atoms with van der Waals surface area (Å²) in [4.78, 5) is -0.916. The highest BCUT2D eigenvalue weighted by Gasteiger charge is 2.46. The maximum absolute atomic E-state index is 12.7. The first-order chi connectivity index (χ1) is 17.3. The third-order valence-electron chi connectivity index (χ3n) is 6.90. The summed E-state index contributed by atoms with van der Waals surface area (Å²) >= 11 is 0. The van der Waals surface area contributed by atoms with Crippen molar-refractivity contribution in [2.24, 2.45) is 17.6 Å². The molecule has 1 aromatic rings. The number of nitrogens with zero attached hydrogens (tertiary/aromatic N) is 1. The van der Waals surface area contributed by atoms with Crippen molar-refractivity contribution in [3.05, 3.63) is 36.0 Å². The maximum Gasteiger partial charge on any atom is 0.501 e. The molecule has 0 bridgehead atoms. The summed E-state index contributed by atoms with van der Waals surface area (Å²) in [5.74, 6) is 0.0936. The summed E-state index contributed by atoms with van der Waals surface area (Å²) in [5.41, 5.74) is 0.419. The van der Waals surface area contributed by atoms with Gasteiger partial charge in [-0.3, -0.25) is 10.8 Å². The molecular formula is C24H32F3N7O2S. The molecule has 0 amide bonds. The Bertz CT molecular complexity index is 1170.